The number of azo groups is 1. The number of aromatic nitrogens is 2. The fraction of sp³-hybridized carbons (Fsp3) is 0.0714. The highest BCUT2D eigenvalue weighted by Gasteiger charge is 2.16. The molecule has 0 bridgehead atoms. The van der Waals surface area contributed by atoms with Gasteiger partial charge in [-0.05, 0) is 29.7 Å². The van der Waals surface area contributed by atoms with Gasteiger partial charge < -0.3 is 10.4 Å². The number of phenols is 1. The number of benzene rings is 1. The molecule has 0 saturated carbocycles. The molecule has 0 saturated heterocycles. The van der Waals surface area contributed by atoms with Gasteiger partial charge in [0.15, 0.2) is 16.4 Å². The Bertz CT molecular complexity index is 973. The summed E-state index contributed by atoms with van der Waals surface area (Å²) in [7, 11) is 0. The molecule has 2 aromatic heterocycles. The first-order chi connectivity index (χ1) is 11.5. The van der Waals surface area contributed by atoms with Crippen molar-refractivity contribution in [2.24, 2.45) is 10.2 Å². The van der Waals surface area contributed by atoms with E-state index in [0.29, 0.717) is 10.6 Å². The molecule has 2 heterocycles. The van der Waals surface area contributed by atoms with Crippen LogP contribution in [0.15, 0.2) is 34.6 Å². The fourth-order valence-corrected chi connectivity index (χ4v) is 2.94. The average molecular weight is 382 g/mol. The second-order valence-corrected chi connectivity index (χ2v) is 6.17. The number of carbonyl (C=O) groups excluding carboxylic acids is 1. The van der Waals surface area contributed by atoms with Gasteiger partial charge in [-0.2, -0.15) is 4.37 Å². The molecular weight excluding hydrogens is 373 g/mol. The molecule has 122 valence electrons. The molecule has 0 unspecified atom stereocenters. The van der Waals surface area contributed by atoms with Crippen LogP contribution in [-0.4, -0.2) is 20.4 Å². The zero-order valence-corrected chi connectivity index (χ0v) is 14.4. The Morgan fingerprint density at radius 2 is 2.12 bits per heavy atom. The number of pyridine rings is 1. The third kappa shape index (κ3) is 3.16. The van der Waals surface area contributed by atoms with Crippen LogP contribution in [-0.2, 0) is 4.79 Å². The number of carbonyl (C=O) groups is 1. The number of fused-ring (bicyclic) bond motifs is 1. The van der Waals surface area contributed by atoms with Crippen LogP contribution in [0.25, 0.3) is 11.0 Å². The molecule has 1 aromatic carbocycles. The smallest absolute Gasteiger partial charge is 0.221 e. The van der Waals surface area contributed by atoms with Crippen LogP contribution in [0.5, 0.6) is 5.75 Å². The Kier molecular flexibility index (Phi) is 4.61. The lowest BCUT2D eigenvalue weighted by atomic mass is 10.2. The van der Waals surface area contributed by atoms with Gasteiger partial charge in [0.05, 0.1) is 16.1 Å². The molecule has 3 rings (SSSR count). The third-order valence-electron chi connectivity index (χ3n) is 2.96. The van der Waals surface area contributed by atoms with Crippen molar-refractivity contribution in [1.82, 2.24) is 9.36 Å². The monoisotopic (exact) mass is 381 g/mol. The van der Waals surface area contributed by atoms with Gasteiger partial charge in [0.1, 0.15) is 10.7 Å². The largest absolute Gasteiger partial charge is 0.504 e. The van der Waals surface area contributed by atoms with E-state index in [1.54, 1.807) is 12.3 Å². The molecule has 0 spiro atoms. The molecule has 2 N–H and O–H groups in total. The fourth-order valence-electron chi connectivity index (χ4n) is 1.90. The number of aromatic hydroxyl groups is 1. The zero-order chi connectivity index (χ0) is 17.3. The van der Waals surface area contributed by atoms with Crippen LogP contribution < -0.4 is 5.32 Å². The van der Waals surface area contributed by atoms with Gasteiger partial charge in [0.25, 0.3) is 0 Å². The van der Waals surface area contributed by atoms with Crippen LogP contribution in [0, 0.1) is 0 Å². The van der Waals surface area contributed by atoms with Gasteiger partial charge in [-0.3, -0.25) is 4.79 Å². The molecule has 0 atom stereocenters. The number of phenolic OH excluding ortho intramolecular Hbond substituents is 1. The first-order valence-electron chi connectivity index (χ1n) is 6.58. The van der Waals surface area contributed by atoms with E-state index in [1.165, 1.54) is 13.0 Å². The molecule has 0 radical (unpaired) electrons. The number of hydrogen-bond acceptors (Lipinski definition) is 7. The van der Waals surface area contributed by atoms with Crippen molar-refractivity contribution in [3.05, 3.63) is 34.4 Å². The van der Waals surface area contributed by atoms with Gasteiger partial charge >= 0.3 is 0 Å². The second-order valence-electron chi connectivity index (χ2n) is 4.66. The number of amides is 1. The lowest BCUT2D eigenvalue weighted by Gasteiger charge is -2.09. The molecule has 10 heteroatoms. The SMILES string of the molecule is CC(=O)Nc1cc(N=Nc2snc3ncccc23)c(Cl)c(Cl)c1O. The predicted octanol–water partition coefficient (Wildman–Crippen LogP) is 5.08. The number of nitrogens with one attached hydrogen (secondary N) is 1. The first-order valence-corrected chi connectivity index (χ1v) is 8.11. The molecule has 3 aromatic rings. The summed E-state index contributed by atoms with van der Waals surface area (Å²) in [6.07, 6.45) is 1.64. The number of rotatable bonds is 3. The first kappa shape index (κ1) is 16.6. The minimum absolute atomic E-state index is 0.0268. The maximum absolute atomic E-state index is 11.2. The maximum atomic E-state index is 11.2. The summed E-state index contributed by atoms with van der Waals surface area (Å²) < 4.78 is 4.16. The van der Waals surface area contributed by atoms with Crippen molar-refractivity contribution in [2.45, 2.75) is 6.92 Å². The Hall–Kier alpha value is -2.29. The lowest BCUT2D eigenvalue weighted by Crippen LogP contribution is -2.05. The summed E-state index contributed by atoms with van der Waals surface area (Å²) in [4.78, 5) is 15.3. The molecule has 7 nitrogen and oxygen atoms in total. The highest BCUT2D eigenvalue weighted by atomic mass is 35.5. The molecule has 24 heavy (non-hydrogen) atoms. The third-order valence-corrected chi connectivity index (χ3v) is 4.54. The molecule has 0 fully saturated rings. The van der Waals surface area contributed by atoms with Crippen LogP contribution in [0.3, 0.4) is 0 Å². The Morgan fingerprint density at radius 1 is 1.33 bits per heavy atom. The number of halogens is 2. The molecule has 0 aliphatic carbocycles. The summed E-state index contributed by atoms with van der Waals surface area (Å²) >= 11 is 13.2. The van der Waals surface area contributed by atoms with E-state index < -0.39 is 0 Å². The zero-order valence-electron chi connectivity index (χ0n) is 12.1. The summed E-state index contributed by atoms with van der Waals surface area (Å²) in [6.45, 7) is 1.31. The van der Waals surface area contributed by atoms with Crippen molar-refractivity contribution < 1.29 is 9.90 Å². The van der Waals surface area contributed by atoms with Gasteiger partial charge in [0.2, 0.25) is 5.91 Å². The highest BCUT2D eigenvalue weighted by molar-refractivity contribution is 7.11. The van der Waals surface area contributed by atoms with Crippen molar-refractivity contribution >= 4 is 68.1 Å². The van der Waals surface area contributed by atoms with Crippen molar-refractivity contribution in [2.75, 3.05) is 5.32 Å². The maximum Gasteiger partial charge on any atom is 0.221 e. The summed E-state index contributed by atoms with van der Waals surface area (Å²) in [5.41, 5.74) is 0.876. The highest BCUT2D eigenvalue weighted by Crippen LogP contribution is 2.44. The number of anilines is 1. The second kappa shape index (κ2) is 6.68. The van der Waals surface area contributed by atoms with Crippen LogP contribution >= 0.6 is 34.7 Å². The Morgan fingerprint density at radius 3 is 2.88 bits per heavy atom. The minimum Gasteiger partial charge on any atom is -0.504 e. The van der Waals surface area contributed by atoms with Gasteiger partial charge in [-0.15, -0.1) is 10.2 Å². The Labute approximate surface area is 150 Å². The van der Waals surface area contributed by atoms with E-state index >= 15 is 0 Å². The topological polar surface area (TPSA) is 99.8 Å². The van der Waals surface area contributed by atoms with Crippen LogP contribution in [0.2, 0.25) is 10.0 Å². The van der Waals surface area contributed by atoms with E-state index in [1.807, 2.05) is 6.07 Å². The van der Waals surface area contributed by atoms with Gasteiger partial charge in [0, 0.05) is 13.1 Å². The number of nitrogens with zero attached hydrogens (tertiary/aromatic N) is 4. The van der Waals surface area contributed by atoms with E-state index in [2.05, 4.69) is 24.9 Å². The quantitative estimate of drug-likeness (QED) is 0.487. The molecular formula is C14H9Cl2N5O2S. The Balaban J connectivity index is 2.03. The van der Waals surface area contributed by atoms with Crippen LogP contribution in [0.1, 0.15) is 6.92 Å². The van der Waals surface area contributed by atoms with Gasteiger partial charge in [-0.25, -0.2) is 4.98 Å². The van der Waals surface area contributed by atoms with E-state index in [4.69, 9.17) is 23.2 Å². The molecule has 1 amide bonds. The molecule has 0 aliphatic heterocycles. The summed E-state index contributed by atoms with van der Waals surface area (Å²) in [5, 5.41) is 21.8. The predicted molar refractivity (Wildman–Crippen MR) is 94.0 cm³/mol. The van der Waals surface area contributed by atoms with Crippen molar-refractivity contribution in [3.8, 4) is 5.75 Å². The average Bonchev–Trinajstić information content (AvgIpc) is 2.97. The number of hydrogen-bond donors (Lipinski definition) is 2. The van der Waals surface area contributed by atoms with E-state index in [0.717, 1.165) is 16.9 Å². The minimum atomic E-state index is -0.369. The molecule has 0 aliphatic rings. The standard InChI is InChI=1S/C14H9Cl2N5O2S/c1-6(22)18-9-5-8(10(15)11(16)12(9)23)19-20-14-7-3-2-4-17-13(7)21-24-14/h2-5,23H,1H3,(H,18,22). The van der Waals surface area contributed by atoms with Gasteiger partial charge in [-0.1, -0.05) is 23.2 Å². The van der Waals surface area contributed by atoms with E-state index in [9.17, 15) is 9.90 Å². The van der Waals surface area contributed by atoms with Crippen LogP contribution in [0.4, 0.5) is 16.4 Å². The van der Waals surface area contributed by atoms with Crippen molar-refractivity contribution in [3.63, 3.8) is 0 Å². The normalized spacial score (nSPS) is 11.3. The lowest BCUT2D eigenvalue weighted by molar-refractivity contribution is -0.114. The summed E-state index contributed by atoms with van der Waals surface area (Å²) in [5.74, 6) is -0.700. The van der Waals surface area contributed by atoms with Crippen molar-refractivity contribution in [1.29, 1.82) is 0 Å². The summed E-state index contributed by atoms with van der Waals surface area (Å²) in [6, 6.07) is 4.99. The van der Waals surface area contributed by atoms with E-state index in [-0.39, 0.29) is 33.1 Å².